The Kier molecular flexibility index (Phi) is 5.08. The van der Waals surface area contributed by atoms with E-state index in [0.29, 0.717) is 23.1 Å². The van der Waals surface area contributed by atoms with Gasteiger partial charge in [-0.05, 0) is 35.6 Å². The van der Waals surface area contributed by atoms with Crippen LogP contribution in [0.15, 0.2) is 47.4 Å². The zero-order chi connectivity index (χ0) is 18.8. The van der Waals surface area contributed by atoms with Gasteiger partial charge in [0.2, 0.25) is 0 Å². The molecule has 7 heteroatoms. The molecule has 0 fully saturated rings. The highest BCUT2D eigenvalue weighted by Crippen LogP contribution is 2.39. The van der Waals surface area contributed by atoms with Gasteiger partial charge in [0.05, 0.1) is 23.3 Å². The summed E-state index contributed by atoms with van der Waals surface area (Å²) in [6, 6.07) is 9.43. The third-order valence-corrected chi connectivity index (χ3v) is 4.82. The van der Waals surface area contributed by atoms with Crippen molar-refractivity contribution in [3.63, 3.8) is 0 Å². The first-order chi connectivity index (χ1) is 12.5. The van der Waals surface area contributed by atoms with Gasteiger partial charge in [-0.3, -0.25) is 9.59 Å². The number of hydrogen-bond acceptors (Lipinski definition) is 4. The van der Waals surface area contributed by atoms with Crippen LogP contribution in [0.3, 0.4) is 0 Å². The number of benzene rings is 2. The first-order valence-electron chi connectivity index (χ1n) is 7.83. The molecule has 0 saturated heterocycles. The Morgan fingerprint density at radius 2 is 1.73 bits per heavy atom. The Morgan fingerprint density at radius 3 is 2.31 bits per heavy atom. The summed E-state index contributed by atoms with van der Waals surface area (Å²) in [7, 11) is 1.52. The Hall–Kier alpha value is -2.67. The molecule has 0 spiro atoms. The Labute approximate surface area is 153 Å². The van der Waals surface area contributed by atoms with E-state index in [0.717, 1.165) is 17.0 Å². The van der Waals surface area contributed by atoms with Gasteiger partial charge >= 0.3 is 0 Å². The molecule has 4 nitrogen and oxygen atoms in total. The van der Waals surface area contributed by atoms with Gasteiger partial charge < -0.3 is 4.74 Å². The van der Waals surface area contributed by atoms with Crippen molar-refractivity contribution in [2.24, 2.45) is 0 Å². The SMILES string of the molecule is CCSC1=C(c2ccc(OC)cc2)C(=O)N(c2ccc(F)cc2F)C1=O. The van der Waals surface area contributed by atoms with E-state index in [-0.39, 0.29) is 16.2 Å². The highest BCUT2D eigenvalue weighted by Gasteiger charge is 2.41. The third-order valence-electron chi connectivity index (χ3n) is 3.86. The molecular formula is C19H15F2NO3S. The number of hydrogen-bond donors (Lipinski definition) is 0. The van der Waals surface area contributed by atoms with Gasteiger partial charge in [-0.15, -0.1) is 11.8 Å². The summed E-state index contributed by atoms with van der Waals surface area (Å²) in [6.07, 6.45) is 0. The first-order valence-corrected chi connectivity index (χ1v) is 8.81. The summed E-state index contributed by atoms with van der Waals surface area (Å²) in [4.78, 5) is 26.7. The minimum atomic E-state index is -0.969. The molecule has 3 rings (SSSR count). The predicted octanol–water partition coefficient (Wildman–Crippen LogP) is 4.01. The van der Waals surface area contributed by atoms with Crippen LogP contribution < -0.4 is 9.64 Å². The molecule has 0 unspecified atom stereocenters. The lowest BCUT2D eigenvalue weighted by atomic mass is 10.1. The van der Waals surface area contributed by atoms with E-state index in [1.54, 1.807) is 24.3 Å². The second kappa shape index (κ2) is 7.29. The smallest absolute Gasteiger partial charge is 0.272 e. The zero-order valence-electron chi connectivity index (χ0n) is 14.1. The molecule has 2 amide bonds. The van der Waals surface area contributed by atoms with Gasteiger partial charge in [0.25, 0.3) is 11.8 Å². The summed E-state index contributed by atoms with van der Waals surface area (Å²) in [5.41, 5.74) is 0.470. The van der Waals surface area contributed by atoms with Crippen LogP contribution in [0.1, 0.15) is 12.5 Å². The first kappa shape index (κ1) is 18.1. The number of nitrogens with zero attached hydrogens (tertiary/aromatic N) is 1. The van der Waals surface area contributed by atoms with Crippen molar-refractivity contribution in [2.45, 2.75) is 6.92 Å². The largest absolute Gasteiger partial charge is 0.497 e. The molecule has 0 aliphatic carbocycles. The number of anilines is 1. The van der Waals surface area contributed by atoms with E-state index in [1.165, 1.54) is 18.9 Å². The standard InChI is InChI=1S/C19H15F2NO3S/c1-3-26-17-16(11-4-7-13(25-2)8-5-11)18(23)22(19(17)24)15-9-6-12(20)10-14(15)21/h4-10H,3H2,1-2H3. The minimum absolute atomic E-state index is 0.202. The molecule has 0 radical (unpaired) electrons. The van der Waals surface area contributed by atoms with Crippen LogP contribution in [-0.2, 0) is 9.59 Å². The van der Waals surface area contributed by atoms with Crippen LogP contribution in [-0.4, -0.2) is 24.7 Å². The number of halogens is 2. The molecule has 134 valence electrons. The van der Waals surface area contributed by atoms with Crippen LogP contribution in [0.5, 0.6) is 5.75 Å². The number of imide groups is 1. The van der Waals surface area contributed by atoms with Crippen LogP contribution in [0.25, 0.3) is 5.57 Å². The van der Waals surface area contributed by atoms with E-state index >= 15 is 0 Å². The van der Waals surface area contributed by atoms with Gasteiger partial charge in [0.15, 0.2) is 0 Å². The van der Waals surface area contributed by atoms with Crippen LogP contribution >= 0.6 is 11.8 Å². The lowest BCUT2D eigenvalue weighted by Crippen LogP contribution is -2.32. The van der Waals surface area contributed by atoms with Gasteiger partial charge in [0, 0.05) is 6.07 Å². The van der Waals surface area contributed by atoms with E-state index in [9.17, 15) is 18.4 Å². The maximum atomic E-state index is 14.2. The maximum absolute atomic E-state index is 14.2. The van der Waals surface area contributed by atoms with E-state index in [4.69, 9.17) is 4.74 Å². The number of amides is 2. The number of methoxy groups -OCH3 is 1. The van der Waals surface area contributed by atoms with Crippen molar-refractivity contribution >= 4 is 34.8 Å². The minimum Gasteiger partial charge on any atom is -0.497 e. The van der Waals surface area contributed by atoms with E-state index in [1.807, 2.05) is 6.92 Å². The monoisotopic (exact) mass is 375 g/mol. The Balaban J connectivity index is 2.09. The molecule has 0 N–H and O–H groups in total. The second-order valence-electron chi connectivity index (χ2n) is 5.41. The number of thioether (sulfide) groups is 1. The van der Waals surface area contributed by atoms with Gasteiger partial charge in [-0.1, -0.05) is 19.1 Å². The number of carbonyl (C=O) groups is 2. The summed E-state index contributed by atoms with van der Waals surface area (Å²) in [6.45, 7) is 1.85. The molecule has 2 aromatic rings. The van der Waals surface area contributed by atoms with Gasteiger partial charge in [0.1, 0.15) is 17.4 Å². The van der Waals surface area contributed by atoms with Crippen molar-refractivity contribution < 1.29 is 23.1 Å². The highest BCUT2D eigenvalue weighted by atomic mass is 32.2. The topological polar surface area (TPSA) is 46.6 Å². The van der Waals surface area contributed by atoms with Crippen molar-refractivity contribution in [1.82, 2.24) is 0 Å². The summed E-state index contributed by atoms with van der Waals surface area (Å²) in [5.74, 6) is -1.83. The maximum Gasteiger partial charge on any atom is 0.272 e. The number of ether oxygens (including phenoxy) is 1. The van der Waals surface area contributed by atoms with E-state index in [2.05, 4.69) is 0 Å². The van der Waals surface area contributed by atoms with Crippen LogP contribution in [0, 0.1) is 11.6 Å². The Morgan fingerprint density at radius 1 is 1.04 bits per heavy atom. The van der Waals surface area contributed by atoms with Crippen LogP contribution in [0.4, 0.5) is 14.5 Å². The van der Waals surface area contributed by atoms with E-state index < -0.39 is 23.4 Å². The lowest BCUT2D eigenvalue weighted by Gasteiger charge is -2.16. The molecule has 0 aromatic heterocycles. The van der Waals surface area contributed by atoms with Crippen molar-refractivity contribution in [3.05, 3.63) is 64.6 Å². The molecule has 0 atom stereocenters. The third kappa shape index (κ3) is 3.10. The fourth-order valence-corrected chi connectivity index (χ4v) is 3.53. The molecule has 0 bridgehead atoms. The lowest BCUT2D eigenvalue weighted by molar-refractivity contribution is -0.119. The molecule has 2 aromatic carbocycles. The average molecular weight is 375 g/mol. The zero-order valence-corrected chi connectivity index (χ0v) is 14.9. The predicted molar refractivity (Wildman–Crippen MR) is 96.9 cm³/mol. The van der Waals surface area contributed by atoms with Gasteiger partial charge in [-0.2, -0.15) is 0 Å². The Bertz CT molecular complexity index is 910. The van der Waals surface area contributed by atoms with Crippen molar-refractivity contribution in [1.29, 1.82) is 0 Å². The summed E-state index contributed by atoms with van der Waals surface area (Å²) < 4.78 is 32.4. The number of carbonyl (C=O) groups excluding carboxylic acids is 2. The van der Waals surface area contributed by atoms with Gasteiger partial charge in [-0.25, -0.2) is 13.7 Å². The normalized spacial score (nSPS) is 14.4. The molecule has 1 heterocycles. The number of rotatable bonds is 5. The molecule has 0 saturated carbocycles. The summed E-state index contributed by atoms with van der Waals surface area (Å²) >= 11 is 1.21. The fraction of sp³-hybridized carbons (Fsp3) is 0.158. The van der Waals surface area contributed by atoms with Crippen LogP contribution in [0.2, 0.25) is 0 Å². The second-order valence-corrected chi connectivity index (χ2v) is 6.68. The van der Waals surface area contributed by atoms with Crippen molar-refractivity contribution in [2.75, 3.05) is 17.8 Å². The highest BCUT2D eigenvalue weighted by molar-refractivity contribution is 8.04. The fourth-order valence-electron chi connectivity index (χ4n) is 2.68. The average Bonchev–Trinajstić information content (AvgIpc) is 2.86. The molecule has 26 heavy (non-hydrogen) atoms. The molecular weight excluding hydrogens is 360 g/mol. The molecule has 1 aliphatic rings. The quantitative estimate of drug-likeness (QED) is 0.741. The summed E-state index contributed by atoms with van der Waals surface area (Å²) in [5, 5.41) is 0. The van der Waals surface area contributed by atoms with Crippen molar-refractivity contribution in [3.8, 4) is 5.75 Å². The molecule has 1 aliphatic heterocycles.